The number of morpholine rings is 1. The first-order valence-electron chi connectivity index (χ1n) is 6.72. The molecule has 3 nitrogen and oxygen atoms in total. The fraction of sp³-hybridized carbons (Fsp3) is 0.714. The van der Waals surface area contributed by atoms with Gasteiger partial charge in [-0.3, -0.25) is 4.90 Å². The maximum absolute atomic E-state index is 6.17. The van der Waals surface area contributed by atoms with Crippen LogP contribution in [0.15, 0.2) is 10.5 Å². The van der Waals surface area contributed by atoms with E-state index in [1.54, 1.807) is 11.3 Å². The molecule has 6 heteroatoms. The minimum Gasteiger partial charge on any atom is -0.367 e. The zero-order chi connectivity index (χ0) is 15.1. The maximum Gasteiger partial charge on any atom is 0.107 e. The van der Waals surface area contributed by atoms with Gasteiger partial charge in [0.15, 0.2) is 0 Å². The molecule has 2 N–H and O–H groups in total. The third kappa shape index (κ3) is 3.76. The highest BCUT2D eigenvalue weighted by Crippen LogP contribution is 2.39. The van der Waals surface area contributed by atoms with Gasteiger partial charge in [-0.15, -0.1) is 11.3 Å². The van der Waals surface area contributed by atoms with Gasteiger partial charge in [-0.1, -0.05) is 11.6 Å². The summed E-state index contributed by atoms with van der Waals surface area (Å²) in [6.07, 6.45) is 0. The Bertz CT molecular complexity index is 454. The van der Waals surface area contributed by atoms with E-state index in [9.17, 15) is 0 Å². The Kier molecular flexibility index (Phi) is 4.90. The van der Waals surface area contributed by atoms with Crippen LogP contribution in [-0.4, -0.2) is 35.7 Å². The first-order valence-corrected chi connectivity index (χ1v) is 8.71. The Morgan fingerprint density at radius 1 is 1.40 bits per heavy atom. The van der Waals surface area contributed by atoms with Gasteiger partial charge in [-0.05, 0) is 49.7 Å². The smallest absolute Gasteiger partial charge is 0.107 e. The zero-order valence-electron chi connectivity index (χ0n) is 12.4. The number of hydrogen-bond donors (Lipinski definition) is 1. The predicted molar refractivity (Wildman–Crippen MR) is 89.6 cm³/mol. The molecule has 1 aromatic rings. The molecule has 0 bridgehead atoms. The maximum atomic E-state index is 6.17. The van der Waals surface area contributed by atoms with Crippen LogP contribution in [0.5, 0.6) is 0 Å². The van der Waals surface area contributed by atoms with Crippen molar-refractivity contribution in [3.63, 3.8) is 0 Å². The van der Waals surface area contributed by atoms with Crippen LogP contribution in [0.2, 0.25) is 4.34 Å². The molecule has 1 saturated heterocycles. The van der Waals surface area contributed by atoms with E-state index in [-0.39, 0.29) is 17.2 Å². The second-order valence-electron chi connectivity index (χ2n) is 6.55. The lowest BCUT2D eigenvalue weighted by atomic mass is 9.97. The Morgan fingerprint density at radius 3 is 2.35 bits per heavy atom. The third-order valence-electron chi connectivity index (χ3n) is 3.38. The Morgan fingerprint density at radius 2 is 1.95 bits per heavy atom. The quantitative estimate of drug-likeness (QED) is 0.858. The molecule has 0 saturated carbocycles. The van der Waals surface area contributed by atoms with Crippen molar-refractivity contribution >= 4 is 38.9 Å². The van der Waals surface area contributed by atoms with Crippen LogP contribution < -0.4 is 5.73 Å². The minimum atomic E-state index is -0.173. The Hall–Kier alpha value is 0.350. The van der Waals surface area contributed by atoms with Gasteiger partial charge in [0.2, 0.25) is 0 Å². The Balaban J connectivity index is 2.27. The van der Waals surface area contributed by atoms with Crippen LogP contribution in [0.3, 0.4) is 0 Å². The molecule has 1 aliphatic heterocycles. The highest BCUT2D eigenvalue weighted by Gasteiger charge is 2.40. The molecule has 0 aliphatic carbocycles. The van der Waals surface area contributed by atoms with Crippen LogP contribution in [0.25, 0.3) is 0 Å². The predicted octanol–water partition coefficient (Wildman–Crippen LogP) is 4.05. The summed E-state index contributed by atoms with van der Waals surface area (Å²) in [5.41, 5.74) is 5.69. The number of ether oxygens (including phenoxy) is 1. The number of nitrogens with zero attached hydrogens (tertiary/aromatic N) is 1. The molecule has 1 fully saturated rings. The van der Waals surface area contributed by atoms with E-state index in [4.69, 9.17) is 22.1 Å². The van der Waals surface area contributed by atoms with Crippen LogP contribution in [0, 0.1) is 0 Å². The van der Waals surface area contributed by atoms with Crippen molar-refractivity contribution in [2.45, 2.75) is 44.9 Å². The normalized spacial score (nSPS) is 23.8. The highest BCUT2D eigenvalue weighted by atomic mass is 79.9. The molecule has 0 aromatic carbocycles. The van der Waals surface area contributed by atoms with Gasteiger partial charge in [0.1, 0.15) is 4.34 Å². The van der Waals surface area contributed by atoms with Crippen molar-refractivity contribution in [2.24, 2.45) is 5.73 Å². The molecule has 114 valence electrons. The summed E-state index contributed by atoms with van der Waals surface area (Å²) >= 11 is 11.2. The molecule has 0 radical (unpaired) electrons. The van der Waals surface area contributed by atoms with Crippen molar-refractivity contribution in [3.8, 4) is 0 Å². The van der Waals surface area contributed by atoms with E-state index in [2.05, 4.69) is 54.6 Å². The minimum absolute atomic E-state index is 0.173. The molecule has 1 atom stereocenters. The summed E-state index contributed by atoms with van der Waals surface area (Å²) in [6.45, 7) is 10.8. The molecular formula is C14H22BrClN2OS. The molecule has 0 amide bonds. The van der Waals surface area contributed by atoms with Crippen LogP contribution in [0.1, 0.15) is 38.6 Å². The van der Waals surface area contributed by atoms with E-state index in [0.717, 1.165) is 21.9 Å². The fourth-order valence-corrected chi connectivity index (χ4v) is 4.92. The lowest BCUT2D eigenvalue weighted by molar-refractivity contribution is -0.187. The third-order valence-corrected chi connectivity index (χ3v) is 5.95. The van der Waals surface area contributed by atoms with E-state index in [1.165, 1.54) is 4.88 Å². The summed E-state index contributed by atoms with van der Waals surface area (Å²) in [5.74, 6) is 0. The first-order chi connectivity index (χ1) is 9.13. The molecule has 1 unspecified atom stereocenters. The second-order valence-corrected chi connectivity index (χ2v) is 9.09. The van der Waals surface area contributed by atoms with Gasteiger partial charge in [0.05, 0.1) is 17.2 Å². The SMILES string of the molecule is CC1(C)CN(C(CN)c2cc(Br)c(Cl)s2)CC(C)(C)O1. The molecular weight excluding hydrogens is 360 g/mol. The van der Waals surface area contributed by atoms with Crippen molar-refractivity contribution in [3.05, 3.63) is 19.8 Å². The van der Waals surface area contributed by atoms with E-state index in [0.29, 0.717) is 6.54 Å². The molecule has 2 rings (SSSR count). The number of nitrogens with two attached hydrogens (primary N) is 1. The fourth-order valence-electron chi connectivity index (χ4n) is 3.04. The van der Waals surface area contributed by atoms with Crippen LogP contribution >= 0.6 is 38.9 Å². The summed E-state index contributed by atoms with van der Waals surface area (Å²) in [6, 6.07) is 2.27. The number of thiophene rings is 1. The topological polar surface area (TPSA) is 38.5 Å². The van der Waals surface area contributed by atoms with Crippen LogP contribution in [0.4, 0.5) is 0 Å². The van der Waals surface area contributed by atoms with Crippen molar-refractivity contribution in [1.82, 2.24) is 4.90 Å². The average molecular weight is 382 g/mol. The van der Waals surface area contributed by atoms with Gasteiger partial charge in [0.25, 0.3) is 0 Å². The number of halogens is 2. The lowest BCUT2D eigenvalue weighted by Gasteiger charge is -2.49. The van der Waals surface area contributed by atoms with Gasteiger partial charge >= 0.3 is 0 Å². The van der Waals surface area contributed by atoms with E-state index >= 15 is 0 Å². The molecule has 0 spiro atoms. The van der Waals surface area contributed by atoms with Crippen molar-refractivity contribution in [2.75, 3.05) is 19.6 Å². The zero-order valence-corrected chi connectivity index (χ0v) is 15.5. The summed E-state index contributed by atoms with van der Waals surface area (Å²) < 4.78 is 7.87. The lowest BCUT2D eigenvalue weighted by Crippen LogP contribution is -2.58. The average Bonchev–Trinajstić information content (AvgIpc) is 2.55. The highest BCUT2D eigenvalue weighted by molar-refractivity contribution is 9.10. The van der Waals surface area contributed by atoms with Crippen LogP contribution in [-0.2, 0) is 4.74 Å². The standard InChI is InChI=1S/C14H22BrClN2OS/c1-13(2)7-18(8-14(3,4)19-13)10(6-17)11-5-9(15)12(16)20-11/h5,10H,6-8,17H2,1-4H3. The number of rotatable bonds is 3. The number of hydrogen-bond acceptors (Lipinski definition) is 4. The summed E-state index contributed by atoms with van der Waals surface area (Å²) in [5, 5.41) is 0. The summed E-state index contributed by atoms with van der Waals surface area (Å²) in [7, 11) is 0. The van der Waals surface area contributed by atoms with Crippen molar-refractivity contribution < 1.29 is 4.74 Å². The molecule has 2 heterocycles. The molecule has 20 heavy (non-hydrogen) atoms. The van der Waals surface area contributed by atoms with Gasteiger partial charge in [0, 0.05) is 29.0 Å². The largest absolute Gasteiger partial charge is 0.367 e. The second kappa shape index (κ2) is 5.86. The van der Waals surface area contributed by atoms with E-state index < -0.39 is 0 Å². The first kappa shape index (κ1) is 16.7. The molecule has 1 aromatic heterocycles. The van der Waals surface area contributed by atoms with Gasteiger partial charge < -0.3 is 10.5 Å². The monoisotopic (exact) mass is 380 g/mol. The van der Waals surface area contributed by atoms with Gasteiger partial charge in [-0.25, -0.2) is 0 Å². The Labute approximate surface area is 138 Å². The molecule has 1 aliphatic rings. The summed E-state index contributed by atoms with van der Waals surface area (Å²) in [4.78, 5) is 3.62. The van der Waals surface area contributed by atoms with E-state index in [1.807, 2.05) is 0 Å². The van der Waals surface area contributed by atoms with Gasteiger partial charge in [-0.2, -0.15) is 0 Å². The van der Waals surface area contributed by atoms with Crippen molar-refractivity contribution in [1.29, 1.82) is 0 Å².